The lowest BCUT2D eigenvalue weighted by molar-refractivity contribution is 0.442. The number of rotatable bonds is 3. The summed E-state index contributed by atoms with van der Waals surface area (Å²) in [6.07, 6.45) is 7.47. The molecule has 0 atom stereocenters. The maximum absolute atomic E-state index is 11.2. The smallest absolute Gasteiger partial charge is 0.247 e. The highest BCUT2D eigenvalue weighted by Crippen LogP contribution is 2.23. The van der Waals surface area contributed by atoms with Gasteiger partial charge in [0.05, 0.1) is 11.7 Å². The molecule has 0 bridgehead atoms. The minimum absolute atomic E-state index is 0.142. The summed E-state index contributed by atoms with van der Waals surface area (Å²) < 4.78 is 0. The first-order valence-corrected chi connectivity index (χ1v) is 8.46. The van der Waals surface area contributed by atoms with Gasteiger partial charge in [0.1, 0.15) is 5.82 Å². The van der Waals surface area contributed by atoms with Crippen LogP contribution in [0.25, 0.3) is 22.3 Å². The number of aromatic nitrogens is 4. The van der Waals surface area contributed by atoms with Crippen LogP contribution in [0.2, 0.25) is 0 Å². The van der Waals surface area contributed by atoms with Crippen LogP contribution >= 0.6 is 0 Å². The third-order valence-corrected chi connectivity index (χ3v) is 4.71. The van der Waals surface area contributed by atoms with Crippen LogP contribution in [0, 0.1) is 0 Å². The molecule has 0 amide bonds. The van der Waals surface area contributed by atoms with Gasteiger partial charge in [0.15, 0.2) is 5.82 Å². The van der Waals surface area contributed by atoms with Crippen molar-refractivity contribution < 1.29 is 0 Å². The standard InChI is InChI=1S/C18H20N6O/c1-24(14-4-6-19-7-5-14)16-8-13-10-22-18(23-15(13)11-20-16)12-2-3-17(25)21-9-12/h2-3,8-11,14,19H,4-7H2,1H3,(H,21,25). The minimum atomic E-state index is -0.142. The topological polar surface area (TPSA) is 86.8 Å². The van der Waals surface area contributed by atoms with Crippen molar-refractivity contribution in [1.82, 2.24) is 25.3 Å². The number of H-pyrrole nitrogens is 1. The molecule has 0 saturated carbocycles. The van der Waals surface area contributed by atoms with Crippen LogP contribution in [0.15, 0.2) is 41.6 Å². The van der Waals surface area contributed by atoms with Crippen LogP contribution in [0.1, 0.15) is 12.8 Å². The summed E-state index contributed by atoms with van der Waals surface area (Å²) in [5, 5.41) is 4.34. The molecule has 25 heavy (non-hydrogen) atoms. The molecular formula is C18H20N6O. The predicted molar refractivity (Wildman–Crippen MR) is 97.7 cm³/mol. The molecule has 3 aromatic heterocycles. The number of aromatic amines is 1. The number of nitrogens with zero attached hydrogens (tertiary/aromatic N) is 4. The van der Waals surface area contributed by atoms with Gasteiger partial charge in [-0.1, -0.05) is 0 Å². The largest absolute Gasteiger partial charge is 0.357 e. The molecule has 2 N–H and O–H groups in total. The van der Waals surface area contributed by atoms with E-state index in [1.165, 1.54) is 6.07 Å². The molecule has 0 aliphatic carbocycles. The van der Waals surface area contributed by atoms with Crippen molar-refractivity contribution >= 4 is 16.7 Å². The fourth-order valence-electron chi connectivity index (χ4n) is 3.19. The van der Waals surface area contributed by atoms with E-state index in [4.69, 9.17) is 0 Å². The summed E-state index contributed by atoms with van der Waals surface area (Å²) in [6.45, 7) is 2.10. The average molecular weight is 336 g/mol. The van der Waals surface area contributed by atoms with Crippen LogP contribution < -0.4 is 15.8 Å². The van der Waals surface area contributed by atoms with E-state index >= 15 is 0 Å². The summed E-state index contributed by atoms with van der Waals surface area (Å²) in [7, 11) is 2.10. The van der Waals surface area contributed by atoms with E-state index in [9.17, 15) is 4.79 Å². The Hall–Kier alpha value is -2.80. The van der Waals surface area contributed by atoms with Crippen LogP contribution in [0.5, 0.6) is 0 Å². The SMILES string of the molecule is CN(c1cc2cnc(-c3ccc(=O)[nH]c3)nc2cn1)C1CCNCC1. The first-order chi connectivity index (χ1) is 12.2. The molecule has 7 heteroatoms. The fourth-order valence-corrected chi connectivity index (χ4v) is 3.19. The van der Waals surface area contributed by atoms with Gasteiger partial charge >= 0.3 is 0 Å². The molecule has 1 saturated heterocycles. The predicted octanol–water partition coefficient (Wildman–Crippen LogP) is 1.57. The molecule has 1 fully saturated rings. The molecule has 0 unspecified atom stereocenters. The van der Waals surface area contributed by atoms with Crippen molar-refractivity contribution in [2.75, 3.05) is 25.0 Å². The number of hydrogen-bond donors (Lipinski definition) is 2. The van der Waals surface area contributed by atoms with Gasteiger partial charge in [0.2, 0.25) is 5.56 Å². The normalized spacial score (nSPS) is 15.4. The van der Waals surface area contributed by atoms with Crippen LogP contribution in [0.3, 0.4) is 0 Å². The van der Waals surface area contributed by atoms with Crippen molar-refractivity contribution in [2.45, 2.75) is 18.9 Å². The van der Waals surface area contributed by atoms with Crippen LogP contribution in [-0.4, -0.2) is 46.1 Å². The first kappa shape index (κ1) is 15.7. The van der Waals surface area contributed by atoms with E-state index in [-0.39, 0.29) is 5.56 Å². The molecule has 1 aliphatic heterocycles. The molecule has 0 radical (unpaired) electrons. The Labute approximate surface area is 145 Å². The molecule has 1 aliphatic rings. The summed E-state index contributed by atoms with van der Waals surface area (Å²) in [5.74, 6) is 1.52. The van der Waals surface area contributed by atoms with Crippen LogP contribution in [0.4, 0.5) is 5.82 Å². The number of anilines is 1. The lowest BCUT2D eigenvalue weighted by atomic mass is 10.1. The van der Waals surface area contributed by atoms with Crippen molar-refractivity contribution in [2.24, 2.45) is 0 Å². The van der Waals surface area contributed by atoms with Gasteiger partial charge < -0.3 is 15.2 Å². The quantitative estimate of drug-likeness (QED) is 0.755. The van der Waals surface area contributed by atoms with E-state index in [1.54, 1.807) is 18.5 Å². The monoisotopic (exact) mass is 336 g/mol. The number of piperidine rings is 1. The van der Waals surface area contributed by atoms with E-state index in [1.807, 2.05) is 12.3 Å². The van der Waals surface area contributed by atoms with Crippen molar-refractivity contribution in [3.63, 3.8) is 0 Å². The molecule has 3 aromatic rings. The van der Waals surface area contributed by atoms with Gasteiger partial charge in [-0.2, -0.15) is 0 Å². The second-order valence-corrected chi connectivity index (χ2v) is 6.33. The zero-order valence-corrected chi connectivity index (χ0v) is 14.1. The zero-order chi connectivity index (χ0) is 17.2. The Balaban J connectivity index is 1.64. The van der Waals surface area contributed by atoms with Crippen molar-refractivity contribution in [3.05, 3.63) is 47.1 Å². The third-order valence-electron chi connectivity index (χ3n) is 4.71. The number of fused-ring (bicyclic) bond motifs is 1. The molecule has 0 spiro atoms. The minimum Gasteiger partial charge on any atom is -0.357 e. The Morgan fingerprint density at radius 3 is 2.76 bits per heavy atom. The molecule has 7 nitrogen and oxygen atoms in total. The first-order valence-electron chi connectivity index (χ1n) is 8.46. The van der Waals surface area contributed by atoms with Gasteiger partial charge in [-0.3, -0.25) is 4.79 Å². The number of nitrogens with one attached hydrogen (secondary N) is 2. The van der Waals surface area contributed by atoms with Crippen molar-refractivity contribution in [3.8, 4) is 11.4 Å². The van der Waals surface area contributed by atoms with E-state index in [2.05, 4.69) is 37.2 Å². The Kier molecular flexibility index (Phi) is 4.15. The average Bonchev–Trinajstić information content (AvgIpc) is 2.68. The summed E-state index contributed by atoms with van der Waals surface area (Å²) in [4.78, 5) is 29.7. The molecular weight excluding hydrogens is 316 g/mol. The maximum Gasteiger partial charge on any atom is 0.247 e. The lowest BCUT2D eigenvalue weighted by Crippen LogP contribution is -2.41. The molecule has 4 rings (SSSR count). The highest BCUT2D eigenvalue weighted by Gasteiger charge is 2.19. The summed E-state index contributed by atoms with van der Waals surface area (Å²) >= 11 is 0. The van der Waals surface area contributed by atoms with Gasteiger partial charge in [0.25, 0.3) is 0 Å². The fraction of sp³-hybridized carbons (Fsp3) is 0.333. The third kappa shape index (κ3) is 3.23. The zero-order valence-electron chi connectivity index (χ0n) is 14.1. The highest BCUT2D eigenvalue weighted by atomic mass is 16.1. The van der Waals surface area contributed by atoms with Gasteiger partial charge in [-0.05, 0) is 38.1 Å². The van der Waals surface area contributed by atoms with Gasteiger partial charge in [-0.15, -0.1) is 0 Å². The van der Waals surface area contributed by atoms with E-state index in [0.717, 1.165) is 48.2 Å². The number of hydrogen-bond acceptors (Lipinski definition) is 6. The van der Waals surface area contributed by atoms with E-state index in [0.29, 0.717) is 11.9 Å². The van der Waals surface area contributed by atoms with E-state index < -0.39 is 0 Å². The molecule has 0 aromatic carbocycles. The molecule has 4 heterocycles. The second-order valence-electron chi connectivity index (χ2n) is 6.33. The lowest BCUT2D eigenvalue weighted by Gasteiger charge is -2.32. The Morgan fingerprint density at radius 1 is 1.16 bits per heavy atom. The number of pyridine rings is 2. The Morgan fingerprint density at radius 2 is 2.00 bits per heavy atom. The highest BCUT2D eigenvalue weighted by molar-refractivity contribution is 5.81. The van der Waals surface area contributed by atoms with Gasteiger partial charge in [-0.25, -0.2) is 15.0 Å². The van der Waals surface area contributed by atoms with Crippen LogP contribution in [-0.2, 0) is 0 Å². The summed E-state index contributed by atoms with van der Waals surface area (Å²) in [5.41, 5.74) is 1.42. The molecule has 128 valence electrons. The van der Waals surface area contributed by atoms with Crippen molar-refractivity contribution in [1.29, 1.82) is 0 Å². The Bertz CT molecular complexity index is 927. The maximum atomic E-state index is 11.2. The summed E-state index contributed by atoms with van der Waals surface area (Å²) in [6, 6.07) is 5.73. The second kappa shape index (κ2) is 6.60. The van der Waals surface area contributed by atoms with Gasteiger partial charge in [0, 0.05) is 42.5 Å².